The molecule has 0 unspecified atom stereocenters. The van der Waals surface area contributed by atoms with Gasteiger partial charge < -0.3 is 10.1 Å². The lowest BCUT2D eigenvalue weighted by molar-refractivity contribution is -0.168. The molecule has 0 amide bonds. The van der Waals surface area contributed by atoms with E-state index in [4.69, 9.17) is 11.6 Å². The number of carbonyl (C=O) groups is 1. The summed E-state index contributed by atoms with van der Waals surface area (Å²) < 4.78 is 43.3. The highest BCUT2D eigenvalue weighted by Gasteiger charge is 2.47. The molecule has 3 nitrogen and oxygen atoms in total. The highest BCUT2D eigenvalue weighted by molar-refractivity contribution is 6.30. The SMILES string of the molecule is CCOC(=O)[C@H](Cl)[C@H](NCc1ccccc1)C(F)(F)F. The molecule has 0 aliphatic carbocycles. The van der Waals surface area contributed by atoms with E-state index >= 15 is 0 Å². The van der Waals surface area contributed by atoms with Gasteiger partial charge in [-0.1, -0.05) is 30.3 Å². The largest absolute Gasteiger partial charge is 0.465 e. The molecule has 112 valence electrons. The van der Waals surface area contributed by atoms with Gasteiger partial charge in [0, 0.05) is 6.54 Å². The number of esters is 1. The van der Waals surface area contributed by atoms with E-state index in [0.717, 1.165) is 0 Å². The predicted molar refractivity (Wildman–Crippen MR) is 69.4 cm³/mol. The van der Waals surface area contributed by atoms with Crippen molar-refractivity contribution in [2.45, 2.75) is 31.1 Å². The highest BCUT2D eigenvalue weighted by atomic mass is 35.5. The Balaban J connectivity index is 2.73. The molecule has 20 heavy (non-hydrogen) atoms. The maximum absolute atomic E-state index is 12.9. The van der Waals surface area contributed by atoms with Crippen LogP contribution in [0.1, 0.15) is 12.5 Å². The zero-order valence-electron chi connectivity index (χ0n) is 10.8. The second-order valence-corrected chi connectivity index (χ2v) is 4.51. The van der Waals surface area contributed by atoms with Crippen LogP contribution in [0.4, 0.5) is 13.2 Å². The van der Waals surface area contributed by atoms with Crippen LogP contribution in [0.2, 0.25) is 0 Å². The first-order valence-electron chi connectivity index (χ1n) is 6.01. The van der Waals surface area contributed by atoms with Crippen LogP contribution in [0.3, 0.4) is 0 Å². The zero-order chi connectivity index (χ0) is 15.2. The summed E-state index contributed by atoms with van der Waals surface area (Å²) in [6, 6.07) is 6.37. The van der Waals surface area contributed by atoms with Crippen LogP contribution in [-0.4, -0.2) is 30.2 Å². The fourth-order valence-electron chi connectivity index (χ4n) is 1.57. The second-order valence-electron chi connectivity index (χ2n) is 4.04. The Morgan fingerprint density at radius 3 is 2.45 bits per heavy atom. The van der Waals surface area contributed by atoms with Crippen LogP contribution in [0.15, 0.2) is 30.3 Å². The van der Waals surface area contributed by atoms with Crippen molar-refractivity contribution in [3.8, 4) is 0 Å². The van der Waals surface area contributed by atoms with E-state index < -0.39 is 23.6 Å². The molecule has 0 spiro atoms. The monoisotopic (exact) mass is 309 g/mol. The van der Waals surface area contributed by atoms with Crippen molar-refractivity contribution >= 4 is 17.6 Å². The predicted octanol–water partition coefficient (Wildman–Crippen LogP) is 2.88. The summed E-state index contributed by atoms with van der Waals surface area (Å²) >= 11 is 5.57. The van der Waals surface area contributed by atoms with Crippen molar-refractivity contribution in [2.75, 3.05) is 6.61 Å². The van der Waals surface area contributed by atoms with Gasteiger partial charge in [-0.2, -0.15) is 13.2 Å². The molecule has 2 atom stereocenters. The van der Waals surface area contributed by atoms with Crippen molar-refractivity contribution in [1.29, 1.82) is 0 Å². The lowest BCUT2D eigenvalue weighted by Crippen LogP contribution is -2.51. The summed E-state index contributed by atoms with van der Waals surface area (Å²) in [4.78, 5) is 11.3. The van der Waals surface area contributed by atoms with Crippen molar-refractivity contribution in [1.82, 2.24) is 5.32 Å². The van der Waals surface area contributed by atoms with Gasteiger partial charge in [-0.05, 0) is 12.5 Å². The molecule has 0 saturated carbocycles. The van der Waals surface area contributed by atoms with Gasteiger partial charge in [0.05, 0.1) is 6.61 Å². The lowest BCUT2D eigenvalue weighted by Gasteiger charge is -2.24. The molecule has 0 aliphatic rings. The Labute approximate surface area is 120 Å². The molecular weight excluding hydrogens is 295 g/mol. The number of nitrogens with one attached hydrogen (secondary N) is 1. The third-order valence-electron chi connectivity index (χ3n) is 2.53. The minimum Gasteiger partial charge on any atom is -0.465 e. The Morgan fingerprint density at radius 1 is 1.35 bits per heavy atom. The number of ether oxygens (including phenoxy) is 1. The minimum absolute atomic E-state index is 0.0225. The van der Waals surface area contributed by atoms with Gasteiger partial charge in [0.25, 0.3) is 0 Å². The van der Waals surface area contributed by atoms with Gasteiger partial charge in [0.15, 0.2) is 5.38 Å². The Bertz CT molecular complexity index is 425. The molecule has 1 aromatic carbocycles. The number of hydrogen-bond donors (Lipinski definition) is 1. The third kappa shape index (κ3) is 5.02. The maximum atomic E-state index is 12.9. The molecule has 0 radical (unpaired) electrons. The summed E-state index contributed by atoms with van der Waals surface area (Å²) in [7, 11) is 0. The first-order chi connectivity index (χ1) is 9.36. The third-order valence-corrected chi connectivity index (χ3v) is 2.96. The van der Waals surface area contributed by atoms with E-state index in [0.29, 0.717) is 5.56 Å². The number of rotatable bonds is 6. The zero-order valence-corrected chi connectivity index (χ0v) is 11.5. The number of hydrogen-bond acceptors (Lipinski definition) is 3. The normalized spacial score (nSPS) is 14.7. The molecule has 0 heterocycles. The molecule has 0 saturated heterocycles. The lowest BCUT2D eigenvalue weighted by atomic mass is 10.1. The van der Waals surface area contributed by atoms with Crippen LogP contribution in [0.25, 0.3) is 0 Å². The maximum Gasteiger partial charge on any atom is 0.405 e. The van der Waals surface area contributed by atoms with E-state index in [9.17, 15) is 18.0 Å². The molecule has 1 N–H and O–H groups in total. The van der Waals surface area contributed by atoms with Crippen LogP contribution in [0, 0.1) is 0 Å². The van der Waals surface area contributed by atoms with Gasteiger partial charge >= 0.3 is 12.1 Å². The average molecular weight is 310 g/mol. The van der Waals surface area contributed by atoms with Gasteiger partial charge in [-0.15, -0.1) is 11.6 Å². The Hall–Kier alpha value is -1.27. The number of carbonyl (C=O) groups excluding carboxylic acids is 1. The molecule has 0 fully saturated rings. The van der Waals surface area contributed by atoms with E-state index in [1.165, 1.54) is 6.92 Å². The first kappa shape index (κ1) is 16.8. The summed E-state index contributed by atoms with van der Waals surface area (Å²) in [5.41, 5.74) is 0.662. The van der Waals surface area contributed by atoms with Crippen molar-refractivity contribution in [3.63, 3.8) is 0 Å². The van der Waals surface area contributed by atoms with Crippen molar-refractivity contribution in [3.05, 3.63) is 35.9 Å². The standard InChI is InChI=1S/C13H15ClF3NO2/c1-2-20-12(19)10(14)11(13(15,16)17)18-8-9-6-4-3-5-7-9/h3-7,10-11,18H,2,8H2,1H3/t10-,11+/m1/s1. The molecule has 1 aromatic rings. The van der Waals surface area contributed by atoms with Gasteiger partial charge in [-0.3, -0.25) is 4.79 Å². The molecule has 7 heteroatoms. The van der Waals surface area contributed by atoms with Crippen LogP contribution < -0.4 is 5.32 Å². The summed E-state index contributed by atoms with van der Waals surface area (Å²) in [5.74, 6) is -1.09. The topological polar surface area (TPSA) is 38.3 Å². The number of alkyl halides is 4. The van der Waals surface area contributed by atoms with Gasteiger partial charge in [0.1, 0.15) is 6.04 Å². The summed E-state index contributed by atoms with van der Waals surface area (Å²) in [6.07, 6.45) is -4.64. The molecular formula is C13H15ClF3NO2. The first-order valence-corrected chi connectivity index (χ1v) is 6.44. The highest BCUT2D eigenvalue weighted by Crippen LogP contribution is 2.26. The summed E-state index contributed by atoms with van der Waals surface area (Å²) in [6.45, 7) is 1.43. The fraction of sp³-hybridized carbons (Fsp3) is 0.462. The quantitative estimate of drug-likeness (QED) is 0.648. The van der Waals surface area contributed by atoms with Gasteiger partial charge in [-0.25, -0.2) is 0 Å². The summed E-state index contributed by atoms with van der Waals surface area (Å²) in [5, 5.41) is 0.437. The van der Waals surface area contributed by atoms with Gasteiger partial charge in [0.2, 0.25) is 0 Å². The molecule has 1 rings (SSSR count). The van der Waals surface area contributed by atoms with Crippen LogP contribution in [-0.2, 0) is 16.1 Å². The second kappa shape index (κ2) is 7.50. The molecule has 0 aliphatic heterocycles. The Kier molecular flexibility index (Phi) is 6.29. The van der Waals surface area contributed by atoms with E-state index in [2.05, 4.69) is 10.1 Å². The Morgan fingerprint density at radius 2 is 1.95 bits per heavy atom. The number of halogens is 4. The van der Waals surface area contributed by atoms with Crippen molar-refractivity contribution < 1.29 is 22.7 Å². The smallest absolute Gasteiger partial charge is 0.405 e. The average Bonchev–Trinajstić information content (AvgIpc) is 2.38. The van der Waals surface area contributed by atoms with Crippen LogP contribution >= 0.6 is 11.6 Å². The number of benzene rings is 1. The minimum atomic E-state index is -4.64. The van der Waals surface area contributed by atoms with Crippen LogP contribution in [0.5, 0.6) is 0 Å². The molecule has 0 aromatic heterocycles. The molecule has 0 bridgehead atoms. The van der Waals surface area contributed by atoms with Crippen molar-refractivity contribution in [2.24, 2.45) is 0 Å². The van der Waals surface area contributed by atoms with E-state index in [1.54, 1.807) is 30.3 Å². The fourth-order valence-corrected chi connectivity index (χ4v) is 1.86. The van der Waals surface area contributed by atoms with E-state index in [-0.39, 0.29) is 13.2 Å². The van der Waals surface area contributed by atoms with E-state index in [1.807, 2.05) is 0 Å².